The zero-order chi connectivity index (χ0) is 26.0. The summed E-state index contributed by atoms with van der Waals surface area (Å²) in [5, 5.41) is 2.86. The Hall–Kier alpha value is -2.97. The molecule has 1 aromatic carbocycles. The SMILES string of the molecule is CN(C)C1(c2ccccc2)CCC2(CC1)CN(CC(=O)Nc1cc(CN)ccn1)C(=O)N2CC1CCC1. The van der Waals surface area contributed by atoms with Gasteiger partial charge in [-0.1, -0.05) is 36.8 Å². The Morgan fingerprint density at radius 1 is 1.14 bits per heavy atom. The molecule has 1 aromatic heterocycles. The molecule has 0 atom stereocenters. The Labute approximate surface area is 220 Å². The average molecular weight is 505 g/mol. The van der Waals surface area contributed by atoms with Crippen molar-refractivity contribution in [3.63, 3.8) is 0 Å². The molecule has 0 unspecified atom stereocenters. The number of carbonyl (C=O) groups is 2. The number of nitrogens with zero attached hydrogens (tertiary/aromatic N) is 4. The maximum Gasteiger partial charge on any atom is 0.321 e. The Morgan fingerprint density at radius 2 is 1.86 bits per heavy atom. The molecule has 2 aliphatic carbocycles. The zero-order valence-corrected chi connectivity index (χ0v) is 22.2. The molecule has 5 rings (SSSR count). The number of pyridine rings is 1. The van der Waals surface area contributed by atoms with Crippen LogP contribution < -0.4 is 11.1 Å². The van der Waals surface area contributed by atoms with Gasteiger partial charge in [0.15, 0.2) is 0 Å². The molecule has 2 aromatic rings. The molecule has 3 aliphatic rings. The van der Waals surface area contributed by atoms with E-state index in [1.807, 2.05) is 6.07 Å². The highest BCUT2D eigenvalue weighted by atomic mass is 16.2. The number of amides is 3. The van der Waals surface area contributed by atoms with Crippen LogP contribution in [0.4, 0.5) is 10.6 Å². The molecular formula is C29H40N6O2. The van der Waals surface area contributed by atoms with Gasteiger partial charge in [0.05, 0.1) is 5.54 Å². The third-order valence-corrected chi connectivity index (χ3v) is 9.06. The summed E-state index contributed by atoms with van der Waals surface area (Å²) in [5.74, 6) is 0.822. The molecule has 0 radical (unpaired) electrons. The van der Waals surface area contributed by atoms with Gasteiger partial charge >= 0.3 is 6.03 Å². The van der Waals surface area contributed by atoms with Crippen LogP contribution >= 0.6 is 0 Å². The number of rotatable bonds is 8. The van der Waals surface area contributed by atoms with Gasteiger partial charge in [0.1, 0.15) is 12.4 Å². The topological polar surface area (TPSA) is 94.8 Å². The van der Waals surface area contributed by atoms with Crippen molar-refractivity contribution in [2.45, 2.75) is 62.6 Å². The number of nitrogens with one attached hydrogen (secondary N) is 1. The van der Waals surface area contributed by atoms with E-state index in [1.165, 1.54) is 24.8 Å². The summed E-state index contributed by atoms with van der Waals surface area (Å²) in [5.41, 5.74) is 7.70. The number of benzene rings is 1. The monoisotopic (exact) mass is 504 g/mol. The molecular weight excluding hydrogens is 464 g/mol. The van der Waals surface area contributed by atoms with Gasteiger partial charge in [0.25, 0.3) is 0 Å². The molecule has 198 valence electrons. The molecule has 1 spiro atoms. The van der Waals surface area contributed by atoms with E-state index in [0.717, 1.165) is 37.8 Å². The van der Waals surface area contributed by atoms with Crippen molar-refractivity contribution in [3.05, 3.63) is 59.8 Å². The van der Waals surface area contributed by atoms with Crippen molar-refractivity contribution >= 4 is 17.8 Å². The van der Waals surface area contributed by atoms with Gasteiger partial charge in [-0.2, -0.15) is 0 Å². The fourth-order valence-electron chi connectivity index (χ4n) is 6.54. The lowest BCUT2D eigenvalue weighted by Crippen LogP contribution is -2.56. The highest BCUT2D eigenvalue weighted by Gasteiger charge is 2.55. The average Bonchev–Trinajstić information content (AvgIpc) is 3.12. The number of hydrogen-bond donors (Lipinski definition) is 2. The van der Waals surface area contributed by atoms with Crippen LogP contribution in [0, 0.1) is 5.92 Å². The van der Waals surface area contributed by atoms with Crippen molar-refractivity contribution in [2.24, 2.45) is 11.7 Å². The molecule has 8 heteroatoms. The summed E-state index contributed by atoms with van der Waals surface area (Å²) in [6.07, 6.45) is 9.08. The molecule has 3 amide bonds. The van der Waals surface area contributed by atoms with E-state index in [1.54, 1.807) is 17.2 Å². The van der Waals surface area contributed by atoms with Crippen LogP contribution in [0.3, 0.4) is 0 Å². The number of aromatic nitrogens is 1. The van der Waals surface area contributed by atoms with Gasteiger partial charge in [-0.05, 0) is 81.8 Å². The van der Waals surface area contributed by atoms with E-state index in [4.69, 9.17) is 5.73 Å². The van der Waals surface area contributed by atoms with Gasteiger partial charge in [-0.25, -0.2) is 9.78 Å². The summed E-state index contributed by atoms with van der Waals surface area (Å²) < 4.78 is 0. The molecule has 1 aliphatic heterocycles. The van der Waals surface area contributed by atoms with Crippen LogP contribution in [0.5, 0.6) is 0 Å². The van der Waals surface area contributed by atoms with E-state index < -0.39 is 0 Å². The second kappa shape index (κ2) is 10.4. The van der Waals surface area contributed by atoms with Crippen molar-refractivity contribution in [3.8, 4) is 0 Å². The summed E-state index contributed by atoms with van der Waals surface area (Å²) in [6, 6.07) is 14.4. The van der Waals surface area contributed by atoms with E-state index in [-0.39, 0.29) is 29.6 Å². The first-order valence-electron chi connectivity index (χ1n) is 13.6. The summed E-state index contributed by atoms with van der Waals surface area (Å²) >= 11 is 0. The van der Waals surface area contributed by atoms with Crippen LogP contribution in [-0.4, -0.2) is 70.9 Å². The third kappa shape index (κ3) is 4.97. The summed E-state index contributed by atoms with van der Waals surface area (Å²) in [7, 11) is 4.34. The quantitative estimate of drug-likeness (QED) is 0.571. The molecule has 3 fully saturated rings. The van der Waals surface area contributed by atoms with Gasteiger partial charge in [0.2, 0.25) is 5.91 Å². The Balaban J connectivity index is 1.33. The molecule has 1 saturated heterocycles. The van der Waals surface area contributed by atoms with Crippen LogP contribution in [0.15, 0.2) is 48.7 Å². The van der Waals surface area contributed by atoms with Crippen LogP contribution in [-0.2, 0) is 16.9 Å². The first kappa shape index (κ1) is 25.7. The van der Waals surface area contributed by atoms with E-state index in [0.29, 0.717) is 24.8 Å². The number of urea groups is 1. The van der Waals surface area contributed by atoms with Crippen LogP contribution in [0.2, 0.25) is 0 Å². The molecule has 2 saturated carbocycles. The van der Waals surface area contributed by atoms with Crippen molar-refractivity contribution in [2.75, 3.05) is 39.0 Å². The minimum absolute atomic E-state index is 0.00258. The number of anilines is 1. The Kier molecular flexibility index (Phi) is 7.23. The molecule has 2 heterocycles. The summed E-state index contributed by atoms with van der Waals surface area (Å²) in [4.78, 5) is 37.2. The lowest BCUT2D eigenvalue weighted by Gasteiger charge is -2.51. The normalized spacial score (nSPS) is 26.1. The second-order valence-electron chi connectivity index (χ2n) is 11.4. The van der Waals surface area contributed by atoms with Crippen molar-refractivity contribution in [1.29, 1.82) is 0 Å². The zero-order valence-electron chi connectivity index (χ0n) is 22.2. The largest absolute Gasteiger partial charge is 0.326 e. The van der Waals surface area contributed by atoms with Crippen molar-refractivity contribution in [1.82, 2.24) is 19.7 Å². The Morgan fingerprint density at radius 3 is 2.49 bits per heavy atom. The molecule has 37 heavy (non-hydrogen) atoms. The van der Waals surface area contributed by atoms with Gasteiger partial charge in [-0.3, -0.25) is 9.69 Å². The number of carbonyl (C=O) groups excluding carboxylic acids is 2. The highest BCUT2D eigenvalue weighted by molar-refractivity contribution is 5.94. The Bertz CT molecular complexity index is 1110. The van der Waals surface area contributed by atoms with Crippen molar-refractivity contribution < 1.29 is 9.59 Å². The fraction of sp³-hybridized carbons (Fsp3) is 0.552. The maximum absolute atomic E-state index is 13.7. The van der Waals surface area contributed by atoms with E-state index in [9.17, 15) is 9.59 Å². The van der Waals surface area contributed by atoms with Crippen LogP contribution in [0.1, 0.15) is 56.1 Å². The minimum Gasteiger partial charge on any atom is -0.326 e. The van der Waals surface area contributed by atoms with E-state index in [2.05, 4.69) is 64.5 Å². The van der Waals surface area contributed by atoms with Crippen LogP contribution in [0.25, 0.3) is 0 Å². The van der Waals surface area contributed by atoms with Gasteiger partial charge < -0.3 is 20.9 Å². The smallest absolute Gasteiger partial charge is 0.321 e. The first-order valence-corrected chi connectivity index (χ1v) is 13.6. The molecule has 0 bridgehead atoms. The van der Waals surface area contributed by atoms with Gasteiger partial charge in [0, 0.05) is 31.4 Å². The lowest BCUT2D eigenvalue weighted by molar-refractivity contribution is -0.116. The predicted molar refractivity (Wildman–Crippen MR) is 145 cm³/mol. The maximum atomic E-state index is 13.7. The first-order chi connectivity index (χ1) is 17.8. The lowest BCUT2D eigenvalue weighted by atomic mass is 9.68. The molecule has 3 N–H and O–H groups in total. The van der Waals surface area contributed by atoms with E-state index >= 15 is 0 Å². The highest BCUT2D eigenvalue weighted by Crippen LogP contribution is 2.49. The molecule has 8 nitrogen and oxygen atoms in total. The minimum atomic E-state index is -0.224. The van der Waals surface area contributed by atoms with Gasteiger partial charge in [-0.15, -0.1) is 0 Å². The number of hydrogen-bond acceptors (Lipinski definition) is 5. The standard InChI is InChI=1S/C29H40N6O2/c1-33(2)29(24-9-4-3-5-10-24)14-12-28(13-15-29)21-34(27(37)35(28)19-22-7-6-8-22)20-26(36)32-25-17-23(18-30)11-16-31-25/h3-5,9-11,16-17,22H,6-8,12-15,18-21,30H2,1-2H3,(H,31,32,36). The fourth-order valence-corrected chi connectivity index (χ4v) is 6.54. The number of nitrogens with two attached hydrogens (primary N) is 1. The third-order valence-electron chi connectivity index (χ3n) is 9.06. The summed E-state index contributed by atoms with van der Waals surface area (Å²) in [6.45, 7) is 1.82. The predicted octanol–water partition coefficient (Wildman–Crippen LogP) is 3.79. The second-order valence-corrected chi connectivity index (χ2v) is 11.4.